The van der Waals surface area contributed by atoms with Crippen molar-refractivity contribution in [3.63, 3.8) is 0 Å². The molecule has 4 fully saturated rings. The lowest BCUT2D eigenvalue weighted by Crippen LogP contribution is -2.47. The number of carbonyl (C=O) groups is 1. The normalized spacial score (nSPS) is 25.1. The fourth-order valence-electron chi connectivity index (χ4n) is 9.57. The molecule has 1 aliphatic heterocycles. The molecule has 5 heteroatoms. The third-order valence-electron chi connectivity index (χ3n) is 11.9. The summed E-state index contributed by atoms with van der Waals surface area (Å²) in [6.07, 6.45) is 19.7. The zero-order valence-electron chi connectivity index (χ0n) is 26.7. The van der Waals surface area contributed by atoms with E-state index in [1.807, 2.05) is 24.3 Å². The van der Waals surface area contributed by atoms with Crippen molar-refractivity contribution < 1.29 is 13.6 Å². The Labute approximate surface area is 264 Å². The topological polar surface area (TPSA) is 32.3 Å². The molecular formula is C39H54F2N2O. The third kappa shape index (κ3) is 7.92. The predicted octanol–water partition coefficient (Wildman–Crippen LogP) is 9.26. The lowest BCUT2D eigenvalue weighted by Gasteiger charge is -2.37. The van der Waals surface area contributed by atoms with Crippen molar-refractivity contribution in [2.24, 2.45) is 29.6 Å². The van der Waals surface area contributed by atoms with Crippen molar-refractivity contribution in [2.75, 3.05) is 19.6 Å². The Balaban J connectivity index is 0.976. The summed E-state index contributed by atoms with van der Waals surface area (Å²) in [5.74, 6) is 2.91. The molecule has 1 N–H and O–H groups in total. The highest BCUT2D eigenvalue weighted by Crippen LogP contribution is 2.42. The van der Waals surface area contributed by atoms with Gasteiger partial charge in [-0.25, -0.2) is 8.78 Å². The third-order valence-corrected chi connectivity index (χ3v) is 11.9. The average Bonchev–Trinajstić information content (AvgIpc) is 3.62. The smallest absolute Gasteiger partial charge is 0.223 e. The van der Waals surface area contributed by atoms with E-state index in [2.05, 4.69) is 10.2 Å². The maximum Gasteiger partial charge on any atom is 0.223 e. The summed E-state index contributed by atoms with van der Waals surface area (Å²) in [6, 6.07) is 13.9. The summed E-state index contributed by atoms with van der Waals surface area (Å²) in [5.41, 5.74) is 2.18. The van der Waals surface area contributed by atoms with E-state index in [9.17, 15) is 13.6 Å². The number of nitrogens with one attached hydrogen (secondary N) is 1. The summed E-state index contributed by atoms with van der Waals surface area (Å²) in [5, 5.41) is 3.68. The van der Waals surface area contributed by atoms with Gasteiger partial charge >= 0.3 is 0 Å². The summed E-state index contributed by atoms with van der Waals surface area (Å²) >= 11 is 0. The molecular weight excluding hydrogens is 550 g/mol. The van der Waals surface area contributed by atoms with E-state index in [-0.39, 0.29) is 23.5 Å². The molecule has 1 amide bonds. The highest BCUT2D eigenvalue weighted by atomic mass is 19.1. The average molecular weight is 605 g/mol. The van der Waals surface area contributed by atoms with Gasteiger partial charge in [-0.3, -0.25) is 4.79 Å². The van der Waals surface area contributed by atoms with Crippen molar-refractivity contribution in [3.05, 3.63) is 71.3 Å². The second kappa shape index (κ2) is 15.3. The van der Waals surface area contributed by atoms with Crippen LogP contribution >= 0.6 is 0 Å². The van der Waals surface area contributed by atoms with E-state index in [0.29, 0.717) is 29.7 Å². The zero-order chi connectivity index (χ0) is 30.3. The SMILES string of the molecule is O=C(N[C@@H]1CC[C@H]2CN(CCCCCC(c3ccc(F)cc3)c3ccc(F)cc3)C[C@H]21)C(C1CCCCC1)C1CCCCC1. The van der Waals surface area contributed by atoms with Crippen molar-refractivity contribution in [1.82, 2.24) is 10.2 Å². The van der Waals surface area contributed by atoms with Gasteiger partial charge in [0.05, 0.1) is 0 Å². The molecule has 3 nitrogen and oxygen atoms in total. The van der Waals surface area contributed by atoms with Crippen LogP contribution in [0.25, 0.3) is 0 Å². The Morgan fingerprint density at radius 3 is 1.84 bits per heavy atom. The molecule has 6 rings (SSSR count). The zero-order valence-corrected chi connectivity index (χ0v) is 26.7. The van der Waals surface area contributed by atoms with Crippen LogP contribution in [-0.4, -0.2) is 36.5 Å². The molecule has 2 aromatic carbocycles. The van der Waals surface area contributed by atoms with Crippen molar-refractivity contribution in [3.8, 4) is 0 Å². The van der Waals surface area contributed by atoms with E-state index >= 15 is 0 Å². The molecule has 0 bridgehead atoms. The number of halogens is 2. The number of rotatable bonds is 12. The van der Waals surface area contributed by atoms with Gasteiger partial charge in [-0.15, -0.1) is 0 Å². The standard InChI is InChI=1S/C39H54F2N2O/c40-33-20-15-28(16-21-33)35(29-17-22-34(41)23-18-29)14-8-3-9-25-43-26-32-19-24-37(36(32)27-43)42-39(44)38(30-10-4-1-5-11-30)31-12-6-2-7-13-31/h15-18,20-23,30-32,35-38H,1-14,19,24-27H2,(H,42,44)/t32-,36+,37+/m0/s1. The van der Waals surface area contributed by atoms with Gasteiger partial charge in [0, 0.05) is 31.0 Å². The summed E-state index contributed by atoms with van der Waals surface area (Å²) in [7, 11) is 0. The van der Waals surface area contributed by atoms with Crippen LogP contribution in [0.1, 0.15) is 120 Å². The van der Waals surface area contributed by atoms with Crippen LogP contribution in [-0.2, 0) is 4.79 Å². The molecule has 3 atom stereocenters. The van der Waals surface area contributed by atoms with Gasteiger partial charge in [-0.1, -0.05) is 75.6 Å². The first-order valence-electron chi connectivity index (χ1n) is 18.1. The number of carbonyl (C=O) groups excluding carboxylic acids is 1. The molecule has 2 aromatic rings. The highest BCUT2D eigenvalue weighted by Gasteiger charge is 2.44. The molecule has 4 aliphatic rings. The Morgan fingerprint density at radius 2 is 1.27 bits per heavy atom. The lowest BCUT2D eigenvalue weighted by molar-refractivity contribution is -0.131. The number of amides is 1. The minimum Gasteiger partial charge on any atom is -0.353 e. The molecule has 44 heavy (non-hydrogen) atoms. The van der Waals surface area contributed by atoms with Crippen LogP contribution in [0.2, 0.25) is 0 Å². The molecule has 3 saturated carbocycles. The summed E-state index contributed by atoms with van der Waals surface area (Å²) < 4.78 is 27.2. The molecule has 0 aromatic heterocycles. The number of unbranched alkanes of at least 4 members (excludes halogenated alkanes) is 2. The number of benzene rings is 2. The Kier molecular flexibility index (Phi) is 11.1. The molecule has 0 unspecified atom stereocenters. The Hall–Kier alpha value is -2.27. The number of nitrogens with zero attached hydrogens (tertiary/aromatic N) is 1. The van der Waals surface area contributed by atoms with E-state index in [0.717, 1.165) is 55.8 Å². The first-order valence-corrected chi connectivity index (χ1v) is 18.1. The first kappa shape index (κ1) is 31.7. The maximum atomic E-state index is 13.9. The van der Waals surface area contributed by atoms with Gasteiger partial charge < -0.3 is 10.2 Å². The van der Waals surface area contributed by atoms with E-state index in [1.165, 1.54) is 108 Å². The molecule has 3 aliphatic carbocycles. The minimum atomic E-state index is -0.225. The highest BCUT2D eigenvalue weighted by molar-refractivity contribution is 5.79. The fourth-order valence-corrected chi connectivity index (χ4v) is 9.57. The van der Waals surface area contributed by atoms with Crippen LogP contribution in [0.4, 0.5) is 8.78 Å². The minimum absolute atomic E-state index is 0.151. The van der Waals surface area contributed by atoms with Gasteiger partial charge in [0.1, 0.15) is 11.6 Å². The number of fused-ring (bicyclic) bond motifs is 1. The summed E-state index contributed by atoms with van der Waals surface area (Å²) in [6.45, 7) is 3.43. The molecule has 0 spiro atoms. The first-order chi connectivity index (χ1) is 21.5. The maximum absolute atomic E-state index is 13.9. The second-order valence-electron chi connectivity index (χ2n) is 14.7. The quantitative estimate of drug-likeness (QED) is 0.245. The largest absolute Gasteiger partial charge is 0.353 e. The number of likely N-dealkylation sites (tertiary alicyclic amines) is 1. The number of hydrogen-bond donors (Lipinski definition) is 1. The summed E-state index contributed by atoms with van der Waals surface area (Å²) in [4.78, 5) is 16.6. The number of hydrogen-bond acceptors (Lipinski definition) is 2. The molecule has 240 valence electrons. The predicted molar refractivity (Wildman–Crippen MR) is 174 cm³/mol. The van der Waals surface area contributed by atoms with E-state index < -0.39 is 0 Å². The molecule has 0 radical (unpaired) electrons. The van der Waals surface area contributed by atoms with Crippen LogP contribution < -0.4 is 5.32 Å². The van der Waals surface area contributed by atoms with Crippen LogP contribution in [0.3, 0.4) is 0 Å². The van der Waals surface area contributed by atoms with Crippen molar-refractivity contribution in [1.29, 1.82) is 0 Å². The van der Waals surface area contributed by atoms with Crippen LogP contribution in [0.15, 0.2) is 48.5 Å². The lowest BCUT2D eigenvalue weighted by atomic mass is 9.69. The van der Waals surface area contributed by atoms with Gasteiger partial charge in [0.2, 0.25) is 5.91 Å². The fraction of sp³-hybridized carbons (Fsp3) is 0.667. The van der Waals surface area contributed by atoms with Crippen LogP contribution in [0, 0.1) is 41.2 Å². The molecule has 1 heterocycles. The van der Waals surface area contributed by atoms with Gasteiger partial charge in [0.15, 0.2) is 0 Å². The molecule has 1 saturated heterocycles. The van der Waals surface area contributed by atoms with Gasteiger partial charge in [-0.05, 0) is 117 Å². The van der Waals surface area contributed by atoms with Crippen LogP contribution in [0.5, 0.6) is 0 Å². The van der Waals surface area contributed by atoms with Crippen molar-refractivity contribution in [2.45, 2.75) is 115 Å². The Morgan fingerprint density at radius 1 is 0.705 bits per heavy atom. The van der Waals surface area contributed by atoms with E-state index in [1.54, 1.807) is 0 Å². The second-order valence-corrected chi connectivity index (χ2v) is 14.7. The van der Waals surface area contributed by atoms with E-state index in [4.69, 9.17) is 0 Å². The monoisotopic (exact) mass is 604 g/mol. The Bertz CT molecular complexity index is 1110. The van der Waals surface area contributed by atoms with Crippen molar-refractivity contribution >= 4 is 5.91 Å². The van der Waals surface area contributed by atoms with Gasteiger partial charge in [-0.2, -0.15) is 0 Å². The van der Waals surface area contributed by atoms with Gasteiger partial charge in [0.25, 0.3) is 0 Å².